The van der Waals surface area contributed by atoms with E-state index < -0.39 is 11.8 Å². The van der Waals surface area contributed by atoms with Gasteiger partial charge in [0.1, 0.15) is 5.65 Å². The minimum absolute atomic E-state index is 0.279. The van der Waals surface area contributed by atoms with Crippen LogP contribution in [-0.4, -0.2) is 20.5 Å². The summed E-state index contributed by atoms with van der Waals surface area (Å²) in [7, 11) is 0. The van der Waals surface area contributed by atoms with Gasteiger partial charge in [-0.3, -0.25) is 0 Å². The van der Waals surface area contributed by atoms with Gasteiger partial charge in [-0.05, 0) is 12.1 Å². The smallest absolute Gasteiger partial charge is 0.364 e. The van der Waals surface area contributed by atoms with Gasteiger partial charge in [-0.15, -0.1) is 0 Å². The van der Waals surface area contributed by atoms with Gasteiger partial charge in [-0.2, -0.15) is 4.39 Å². The van der Waals surface area contributed by atoms with Crippen LogP contribution < -0.4 is 0 Å². The zero-order valence-electron chi connectivity index (χ0n) is 7.59. The molecule has 0 aromatic carbocycles. The Hall–Kier alpha value is -2.17. The molecule has 0 unspecified atom stereocenters. The summed E-state index contributed by atoms with van der Waals surface area (Å²) in [5.41, 5.74) is 0.919. The third-order valence-corrected chi connectivity index (χ3v) is 1.86. The number of aromatic nitrogens is 2. The number of hydrogen-bond donors (Lipinski definition) is 1. The lowest BCUT2D eigenvalue weighted by Gasteiger charge is -1.86. The zero-order chi connectivity index (χ0) is 10.8. The second kappa shape index (κ2) is 3.53. The van der Waals surface area contributed by atoms with Crippen LogP contribution >= 0.6 is 0 Å². The van der Waals surface area contributed by atoms with Gasteiger partial charge in [-0.25, -0.2) is 9.78 Å². The maximum atomic E-state index is 12.8. The quantitative estimate of drug-likeness (QED) is 0.761. The van der Waals surface area contributed by atoms with E-state index in [0.717, 1.165) is 6.08 Å². The van der Waals surface area contributed by atoms with Crippen LogP contribution in [-0.2, 0) is 4.79 Å². The first-order chi connectivity index (χ1) is 7.16. The molecule has 0 aliphatic heterocycles. The van der Waals surface area contributed by atoms with Crippen molar-refractivity contribution < 1.29 is 14.3 Å². The minimum Gasteiger partial charge on any atom is -0.476 e. The number of nitrogens with zero attached hydrogens (tertiary/aromatic N) is 2. The number of carboxylic acids is 1. The fraction of sp³-hybridized carbons (Fsp3) is 0. The number of carboxylic acid groups (broad SMARTS) is 1. The molecule has 2 heterocycles. The number of imidazole rings is 1. The summed E-state index contributed by atoms with van der Waals surface area (Å²) in [6.07, 6.45) is 4.19. The van der Waals surface area contributed by atoms with Crippen molar-refractivity contribution in [3.05, 3.63) is 42.1 Å². The Morgan fingerprint density at radius 3 is 3.00 bits per heavy atom. The fourth-order valence-corrected chi connectivity index (χ4v) is 1.22. The third kappa shape index (κ3) is 1.85. The lowest BCUT2D eigenvalue weighted by molar-refractivity contribution is -0.134. The highest BCUT2D eigenvalue weighted by atomic mass is 19.1. The van der Waals surface area contributed by atoms with Crippen molar-refractivity contribution in [3.63, 3.8) is 0 Å². The van der Waals surface area contributed by atoms with E-state index in [9.17, 15) is 9.18 Å². The van der Waals surface area contributed by atoms with Crippen molar-refractivity contribution in [2.45, 2.75) is 0 Å². The molecule has 0 amide bonds. The number of aliphatic carboxylic acids is 1. The summed E-state index contributed by atoms with van der Waals surface area (Å²) in [5, 5.41) is 8.34. The minimum atomic E-state index is -1.59. The molecule has 0 saturated heterocycles. The van der Waals surface area contributed by atoms with E-state index >= 15 is 0 Å². The first kappa shape index (κ1) is 9.39. The highest BCUT2D eigenvalue weighted by molar-refractivity contribution is 5.89. The molecule has 2 aromatic rings. The molecule has 0 atom stereocenters. The largest absolute Gasteiger partial charge is 0.476 e. The van der Waals surface area contributed by atoms with Crippen molar-refractivity contribution in [2.24, 2.45) is 0 Å². The second-order valence-corrected chi connectivity index (χ2v) is 2.93. The van der Waals surface area contributed by atoms with E-state index in [4.69, 9.17) is 5.11 Å². The van der Waals surface area contributed by atoms with Crippen molar-refractivity contribution in [2.75, 3.05) is 0 Å². The van der Waals surface area contributed by atoms with Crippen molar-refractivity contribution in [1.82, 2.24) is 9.38 Å². The van der Waals surface area contributed by atoms with Crippen molar-refractivity contribution in [1.29, 1.82) is 0 Å². The first-order valence-electron chi connectivity index (χ1n) is 4.21. The van der Waals surface area contributed by atoms with Crippen molar-refractivity contribution in [3.8, 4) is 0 Å². The maximum Gasteiger partial charge on any atom is 0.364 e. The lowest BCUT2D eigenvalue weighted by Crippen LogP contribution is -1.93. The SMILES string of the molecule is O=C(O)C(F)=Cc1cn2ccccc2n1. The van der Waals surface area contributed by atoms with Crippen LogP contribution in [0.5, 0.6) is 0 Å². The van der Waals surface area contributed by atoms with E-state index in [2.05, 4.69) is 4.98 Å². The lowest BCUT2D eigenvalue weighted by atomic mass is 10.4. The first-order valence-corrected chi connectivity index (χ1v) is 4.21. The Morgan fingerprint density at radius 2 is 2.33 bits per heavy atom. The molecule has 0 aliphatic carbocycles. The van der Waals surface area contributed by atoms with Crippen LogP contribution in [0.3, 0.4) is 0 Å². The molecule has 0 bridgehead atoms. The predicted molar refractivity (Wildman–Crippen MR) is 51.9 cm³/mol. The summed E-state index contributed by atoms with van der Waals surface area (Å²) >= 11 is 0. The van der Waals surface area contributed by atoms with Gasteiger partial charge in [0.05, 0.1) is 5.69 Å². The molecule has 0 aliphatic rings. The van der Waals surface area contributed by atoms with Crippen LogP contribution in [0.15, 0.2) is 36.4 Å². The Bertz CT molecular complexity index is 512. The van der Waals surface area contributed by atoms with Crippen LogP contribution in [0.1, 0.15) is 5.69 Å². The Labute approximate surface area is 84.3 Å². The fourth-order valence-electron chi connectivity index (χ4n) is 1.22. The molecule has 0 saturated carbocycles. The normalized spacial score (nSPS) is 11.9. The number of fused-ring (bicyclic) bond motifs is 1. The molecular weight excluding hydrogens is 199 g/mol. The summed E-state index contributed by atoms with van der Waals surface area (Å²) in [6.45, 7) is 0. The highest BCUT2D eigenvalue weighted by Crippen LogP contribution is 2.09. The van der Waals surface area contributed by atoms with Gasteiger partial charge in [0, 0.05) is 18.5 Å². The summed E-state index contributed by atoms with van der Waals surface area (Å²) in [4.78, 5) is 14.3. The number of hydrogen-bond acceptors (Lipinski definition) is 2. The van der Waals surface area contributed by atoms with Gasteiger partial charge in [-0.1, -0.05) is 6.07 Å². The average molecular weight is 206 g/mol. The van der Waals surface area contributed by atoms with Crippen molar-refractivity contribution >= 4 is 17.7 Å². The molecule has 2 rings (SSSR count). The molecule has 0 fully saturated rings. The standard InChI is InChI=1S/C10H7FN2O2/c11-8(10(14)15)5-7-6-13-4-2-1-3-9(13)12-7/h1-6H,(H,14,15). The molecule has 5 heteroatoms. The number of rotatable bonds is 2. The average Bonchev–Trinajstić information content (AvgIpc) is 2.59. The molecule has 76 valence electrons. The summed E-state index contributed by atoms with van der Waals surface area (Å²) in [6, 6.07) is 5.34. The molecular formula is C10H7FN2O2. The van der Waals surface area contributed by atoms with E-state index in [1.807, 2.05) is 0 Å². The summed E-state index contributed by atoms with van der Waals surface area (Å²) < 4.78 is 14.4. The zero-order valence-corrected chi connectivity index (χ0v) is 7.59. The Morgan fingerprint density at radius 1 is 1.53 bits per heavy atom. The predicted octanol–water partition coefficient (Wildman–Crippen LogP) is 1.73. The van der Waals surface area contributed by atoms with Crippen LogP contribution in [0.25, 0.3) is 11.7 Å². The third-order valence-electron chi connectivity index (χ3n) is 1.86. The van der Waals surface area contributed by atoms with Crippen LogP contribution in [0.2, 0.25) is 0 Å². The van der Waals surface area contributed by atoms with Gasteiger partial charge in [0.25, 0.3) is 0 Å². The van der Waals surface area contributed by atoms with Crippen LogP contribution in [0.4, 0.5) is 4.39 Å². The van der Waals surface area contributed by atoms with E-state index in [0.29, 0.717) is 5.65 Å². The van der Waals surface area contributed by atoms with Gasteiger partial charge >= 0.3 is 5.97 Å². The number of carbonyl (C=O) groups is 1. The molecule has 2 aromatic heterocycles. The van der Waals surface area contributed by atoms with Gasteiger partial charge in [0.15, 0.2) is 0 Å². The molecule has 0 radical (unpaired) electrons. The number of halogens is 1. The molecule has 4 nitrogen and oxygen atoms in total. The monoisotopic (exact) mass is 206 g/mol. The van der Waals surface area contributed by atoms with Crippen LogP contribution in [0, 0.1) is 0 Å². The van der Waals surface area contributed by atoms with Gasteiger partial charge < -0.3 is 9.51 Å². The maximum absolute atomic E-state index is 12.8. The van der Waals surface area contributed by atoms with E-state index in [1.54, 1.807) is 35.0 Å². The molecule has 0 spiro atoms. The second-order valence-electron chi connectivity index (χ2n) is 2.93. The van der Waals surface area contributed by atoms with E-state index in [-0.39, 0.29) is 5.69 Å². The number of pyridine rings is 1. The van der Waals surface area contributed by atoms with Gasteiger partial charge in [0.2, 0.25) is 5.83 Å². The Balaban J connectivity index is 2.46. The molecule has 15 heavy (non-hydrogen) atoms. The Kier molecular flexibility index (Phi) is 2.21. The highest BCUT2D eigenvalue weighted by Gasteiger charge is 2.06. The van der Waals surface area contributed by atoms with E-state index in [1.165, 1.54) is 0 Å². The topological polar surface area (TPSA) is 54.6 Å². The molecule has 1 N–H and O–H groups in total. The summed E-state index contributed by atoms with van der Waals surface area (Å²) in [5.74, 6) is -2.81.